The molecule has 1 amide bonds. The minimum absolute atomic E-state index is 0.0368. The van der Waals surface area contributed by atoms with E-state index in [2.05, 4.69) is 9.97 Å². The van der Waals surface area contributed by atoms with Crippen LogP contribution in [0.1, 0.15) is 33.0 Å². The van der Waals surface area contributed by atoms with Crippen molar-refractivity contribution in [1.29, 1.82) is 0 Å². The lowest BCUT2D eigenvalue weighted by Crippen LogP contribution is -2.42. The van der Waals surface area contributed by atoms with E-state index in [0.29, 0.717) is 29.0 Å². The number of anilines is 1. The first-order valence-corrected chi connectivity index (χ1v) is 10.4. The number of halogens is 4. The molecule has 7 nitrogen and oxygen atoms in total. The first kappa shape index (κ1) is 22.4. The number of likely N-dealkylation sites (N-methyl/N-ethyl adjacent to an activating group) is 1. The third-order valence-electron chi connectivity index (χ3n) is 5.20. The Hall–Kier alpha value is -2.75. The van der Waals surface area contributed by atoms with Gasteiger partial charge in [0, 0.05) is 30.5 Å². The summed E-state index contributed by atoms with van der Waals surface area (Å²) in [5.41, 5.74) is -0.0971. The van der Waals surface area contributed by atoms with Crippen LogP contribution in [0, 0.1) is 0 Å². The summed E-state index contributed by atoms with van der Waals surface area (Å²) in [7, 11) is 1.61. The van der Waals surface area contributed by atoms with Gasteiger partial charge in [0.15, 0.2) is 11.4 Å². The molecule has 0 saturated carbocycles. The highest BCUT2D eigenvalue weighted by Crippen LogP contribution is 2.38. The zero-order valence-corrected chi connectivity index (χ0v) is 18.7. The number of amides is 1. The molecule has 0 spiro atoms. The lowest BCUT2D eigenvalue weighted by atomic mass is 10.2. The molecule has 0 aliphatic carbocycles. The Labute approximate surface area is 187 Å². The summed E-state index contributed by atoms with van der Waals surface area (Å²) in [4.78, 5) is 23.1. The molecule has 0 bridgehead atoms. The fraction of sp³-hybridized carbons (Fsp3) is 0.476. The van der Waals surface area contributed by atoms with Gasteiger partial charge in [0.1, 0.15) is 16.7 Å². The topological polar surface area (TPSA) is 71.7 Å². The molecule has 0 N–H and O–H groups in total. The molecule has 172 valence electrons. The maximum Gasteiger partial charge on any atom is 0.451 e. The summed E-state index contributed by atoms with van der Waals surface area (Å²) in [6, 6.07) is 4.43. The van der Waals surface area contributed by atoms with Crippen LogP contribution in [-0.2, 0) is 10.9 Å². The van der Waals surface area contributed by atoms with E-state index in [9.17, 15) is 18.0 Å². The minimum Gasteiger partial charge on any atom is -0.450 e. The van der Waals surface area contributed by atoms with E-state index in [1.165, 1.54) is 11.0 Å². The number of hydrogen-bond acceptors (Lipinski definition) is 6. The molecular formula is C21H22ClF3N4O3. The van der Waals surface area contributed by atoms with E-state index in [-0.39, 0.29) is 29.5 Å². The van der Waals surface area contributed by atoms with Gasteiger partial charge in [0.2, 0.25) is 5.82 Å². The Kier molecular flexibility index (Phi) is 5.39. The molecule has 0 radical (unpaired) electrons. The minimum atomic E-state index is -4.74. The number of carbonyl (C=O) groups excluding carboxylic acids is 1. The van der Waals surface area contributed by atoms with Crippen LogP contribution in [0.5, 0.6) is 0 Å². The second kappa shape index (κ2) is 7.68. The number of ether oxygens (including phenoxy) is 1. The van der Waals surface area contributed by atoms with Crippen molar-refractivity contribution < 1.29 is 27.1 Å². The highest BCUT2D eigenvalue weighted by molar-refractivity contribution is 6.31. The van der Waals surface area contributed by atoms with Gasteiger partial charge < -0.3 is 19.0 Å². The molecule has 1 atom stereocenters. The van der Waals surface area contributed by atoms with Crippen molar-refractivity contribution in [2.24, 2.45) is 0 Å². The van der Waals surface area contributed by atoms with E-state index in [4.69, 9.17) is 20.8 Å². The molecule has 3 aromatic rings. The Morgan fingerprint density at radius 2 is 2.00 bits per heavy atom. The second-order valence-electron chi connectivity index (χ2n) is 8.77. The molecule has 32 heavy (non-hydrogen) atoms. The molecule has 0 unspecified atom stereocenters. The van der Waals surface area contributed by atoms with Crippen LogP contribution < -0.4 is 4.90 Å². The van der Waals surface area contributed by atoms with Crippen molar-refractivity contribution in [2.75, 3.05) is 25.0 Å². The van der Waals surface area contributed by atoms with Gasteiger partial charge in [-0.05, 0) is 45.4 Å². The summed E-state index contributed by atoms with van der Waals surface area (Å²) in [6.07, 6.45) is -4.70. The van der Waals surface area contributed by atoms with Crippen LogP contribution in [0.3, 0.4) is 0 Å². The van der Waals surface area contributed by atoms with Crippen LogP contribution in [0.4, 0.5) is 23.8 Å². The van der Waals surface area contributed by atoms with Crippen LogP contribution in [-0.4, -0.2) is 52.7 Å². The van der Waals surface area contributed by atoms with Crippen molar-refractivity contribution in [3.8, 4) is 0 Å². The molecular weight excluding hydrogens is 449 g/mol. The van der Waals surface area contributed by atoms with Crippen molar-refractivity contribution in [3.63, 3.8) is 0 Å². The zero-order chi connectivity index (χ0) is 23.4. The predicted octanol–water partition coefficient (Wildman–Crippen LogP) is 5.49. The summed E-state index contributed by atoms with van der Waals surface area (Å²) in [5.74, 6) is -1.22. The summed E-state index contributed by atoms with van der Waals surface area (Å²) < 4.78 is 51.9. The fourth-order valence-electron chi connectivity index (χ4n) is 3.68. The highest BCUT2D eigenvalue weighted by atomic mass is 35.5. The third kappa shape index (κ3) is 4.28. The van der Waals surface area contributed by atoms with E-state index in [1.54, 1.807) is 44.9 Å². The van der Waals surface area contributed by atoms with Gasteiger partial charge in [-0.1, -0.05) is 11.6 Å². The Morgan fingerprint density at radius 1 is 1.28 bits per heavy atom. The normalized spacial score (nSPS) is 17.4. The van der Waals surface area contributed by atoms with Crippen LogP contribution in [0.2, 0.25) is 5.02 Å². The summed E-state index contributed by atoms with van der Waals surface area (Å²) in [6.45, 7) is 5.97. The lowest BCUT2D eigenvalue weighted by molar-refractivity contribution is -0.144. The number of nitrogens with zero attached hydrogens (tertiary/aromatic N) is 4. The number of rotatable bonds is 2. The molecule has 1 fully saturated rings. The van der Waals surface area contributed by atoms with E-state index >= 15 is 0 Å². The predicted molar refractivity (Wildman–Crippen MR) is 114 cm³/mol. The maximum absolute atomic E-state index is 13.6. The van der Waals surface area contributed by atoms with E-state index in [0.717, 1.165) is 0 Å². The standard InChI is InChI=1S/C21H22ClF3N4O3/c1-20(2,3)32-19(30)28(4)12-7-8-29(10-12)17-16-15(26-18(27-17)21(23,24)25)13-9-11(22)5-6-14(13)31-16/h5-6,9,12H,7-8,10H2,1-4H3/t12-/m1/s1. The molecule has 4 rings (SSSR count). The summed E-state index contributed by atoms with van der Waals surface area (Å²) in [5, 5.41) is 0.734. The maximum atomic E-state index is 13.6. The Bertz CT molecular complexity index is 1190. The van der Waals surface area contributed by atoms with Gasteiger partial charge in [-0.25, -0.2) is 14.8 Å². The van der Waals surface area contributed by atoms with Gasteiger partial charge in [-0.15, -0.1) is 0 Å². The smallest absolute Gasteiger partial charge is 0.450 e. The van der Waals surface area contributed by atoms with E-state index < -0.39 is 23.7 Å². The highest BCUT2D eigenvalue weighted by Gasteiger charge is 2.39. The van der Waals surface area contributed by atoms with Crippen molar-refractivity contribution >= 4 is 45.6 Å². The van der Waals surface area contributed by atoms with Gasteiger partial charge in [-0.2, -0.15) is 13.2 Å². The molecule has 3 heterocycles. The second-order valence-corrected chi connectivity index (χ2v) is 9.21. The average molecular weight is 471 g/mol. The first-order valence-electron chi connectivity index (χ1n) is 10.0. The van der Waals surface area contributed by atoms with Crippen LogP contribution in [0.15, 0.2) is 22.6 Å². The molecule has 11 heteroatoms. The lowest BCUT2D eigenvalue weighted by Gasteiger charge is -2.28. The summed E-state index contributed by atoms with van der Waals surface area (Å²) >= 11 is 6.03. The van der Waals surface area contributed by atoms with Crippen molar-refractivity contribution in [3.05, 3.63) is 29.0 Å². The fourth-order valence-corrected chi connectivity index (χ4v) is 3.85. The van der Waals surface area contributed by atoms with Crippen LogP contribution >= 0.6 is 11.6 Å². The molecule has 2 aromatic heterocycles. The Balaban J connectivity index is 1.72. The number of fused-ring (bicyclic) bond motifs is 3. The Morgan fingerprint density at radius 3 is 2.66 bits per heavy atom. The number of hydrogen-bond donors (Lipinski definition) is 0. The molecule has 1 aromatic carbocycles. The van der Waals surface area contributed by atoms with Crippen molar-refractivity contribution in [2.45, 2.75) is 45.0 Å². The number of alkyl halides is 3. The van der Waals surface area contributed by atoms with Gasteiger partial charge in [0.25, 0.3) is 0 Å². The van der Waals surface area contributed by atoms with E-state index in [1.807, 2.05) is 0 Å². The number of aromatic nitrogens is 2. The van der Waals surface area contributed by atoms with Crippen molar-refractivity contribution in [1.82, 2.24) is 14.9 Å². The first-order chi connectivity index (χ1) is 14.8. The number of furan rings is 1. The largest absolute Gasteiger partial charge is 0.451 e. The van der Waals surface area contributed by atoms with Gasteiger partial charge in [-0.3, -0.25) is 0 Å². The molecule has 1 aliphatic rings. The molecule has 1 aliphatic heterocycles. The van der Waals surface area contributed by atoms with Crippen LogP contribution in [0.25, 0.3) is 22.1 Å². The average Bonchev–Trinajstić information content (AvgIpc) is 3.29. The number of carbonyl (C=O) groups is 1. The van der Waals surface area contributed by atoms with Gasteiger partial charge >= 0.3 is 12.3 Å². The molecule has 1 saturated heterocycles. The quantitative estimate of drug-likeness (QED) is 0.493. The monoisotopic (exact) mass is 470 g/mol. The zero-order valence-electron chi connectivity index (χ0n) is 18.0. The SMILES string of the molecule is CN(C(=O)OC(C)(C)C)[C@@H]1CCN(c2nc(C(F)(F)F)nc3c2oc2ccc(Cl)cc23)C1. The third-order valence-corrected chi connectivity index (χ3v) is 5.44. The van der Waals surface area contributed by atoms with Gasteiger partial charge in [0.05, 0.1) is 6.04 Å². The number of benzene rings is 1.